The van der Waals surface area contributed by atoms with Gasteiger partial charge in [0.2, 0.25) is 0 Å². The van der Waals surface area contributed by atoms with Gasteiger partial charge in [0.15, 0.2) is 0 Å². The molecule has 0 radical (unpaired) electrons. The van der Waals surface area contributed by atoms with E-state index < -0.39 is 46.8 Å². The maximum atomic E-state index is 14.1. The molecule has 37 heavy (non-hydrogen) atoms. The molecule has 1 aliphatic rings. The highest BCUT2D eigenvalue weighted by atomic mass is 35.5. The van der Waals surface area contributed by atoms with Gasteiger partial charge in [-0.1, -0.05) is 11.6 Å². The molecule has 0 spiro atoms. The third-order valence-electron chi connectivity index (χ3n) is 5.67. The van der Waals surface area contributed by atoms with Gasteiger partial charge in [-0.3, -0.25) is 9.59 Å². The Bertz CT molecular complexity index is 1560. The van der Waals surface area contributed by atoms with Crippen LogP contribution in [0.1, 0.15) is 43.4 Å². The van der Waals surface area contributed by atoms with Crippen molar-refractivity contribution in [2.75, 3.05) is 5.32 Å². The lowest BCUT2D eigenvalue weighted by Gasteiger charge is -2.19. The predicted molar refractivity (Wildman–Crippen MR) is 128 cm³/mol. The van der Waals surface area contributed by atoms with E-state index >= 15 is 0 Å². The van der Waals surface area contributed by atoms with Crippen molar-refractivity contribution in [3.63, 3.8) is 0 Å². The van der Waals surface area contributed by atoms with Crippen LogP contribution >= 0.6 is 22.9 Å². The van der Waals surface area contributed by atoms with Crippen molar-refractivity contribution in [3.8, 4) is 10.6 Å². The number of fused-ring (bicyclic) bond motifs is 1. The van der Waals surface area contributed by atoms with Crippen molar-refractivity contribution in [1.82, 2.24) is 10.3 Å². The van der Waals surface area contributed by atoms with Gasteiger partial charge in [0.1, 0.15) is 16.6 Å². The Balaban J connectivity index is 1.65. The molecule has 12 heteroatoms. The number of hydrogen-bond donors (Lipinski definition) is 2. The second-order valence-corrected chi connectivity index (χ2v) is 9.38. The minimum atomic E-state index is -4.88. The number of alkyl halides is 3. The maximum Gasteiger partial charge on any atom is 0.416 e. The van der Waals surface area contributed by atoms with Gasteiger partial charge in [0.25, 0.3) is 11.8 Å². The second-order valence-electron chi connectivity index (χ2n) is 8.08. The third kappa shape index (κ3) is 4.79. The summed E-state index contributed by atoms with van der Waals surface area (Å²) < 4.78 is 67.6. The molecule has 188 valence electrons. The van der Waals surface area contributed by atoms with E-state index in [-0.39, 0.29) is 33.5 Å². The lowest BCUT2D eigenvalue weighted by molar-refractivity contribution is -0.137. The zero-order chi connectivity index (χ0) is 26.5. The number of amides is 2. The van der Waals surface area contributed by atoms with Crippen molar-refractivity contribution in [2.24, 2.45) is 0 Å². The van der Waals surface area contributed by atoms with Gasteiger partial charge in [-0.25, -0.2) is 13.8 Å². The molecular weight excluding hydrogens is 537 g/mol. The first-order valence-electron chi connectivity index (χ1n) is 10.5. The zero-order valence-corrected chi connectivity index (χ0v) is 19.9. The van der Waals surface area contributed by atoms with Gasteiger partial charge in [0, 0.05) is 50.1 Å². The fourth-order valence-corrected chi connectivity index (χ4v) is 4.93. The van der Waals surface area contributed by atoms with Crippen LogP contribution < -0.4 is 10.6 Å². The number of nitrogens with zero attached hydrogens (tertiary/aromatic N) is 1. The summed E-state index contributed by atoms with van der Waals surface area (Å²) in [5.74, 6) is -3.46. The van der Waals surface area contributed by atoms with Crippen LogP contribution in [0.25, 0.3) is 10.6 Å². The second kappa shape index (κ2) is 9.24. The molecule has 1 aliphatic heterocycles. The highest BCUT2D eigenvalue weighted by molar-refractivity contribution is 7.13. The van der Waals surface area contributed by atoms with Gasteiger partial charge in [-0.2, -0.15) is 13.2 Å². The molecule has 3 aromatic carbocycles. The number of aromatic nitrogens is 1. The van der Waals surface area contributed by atoms with Gasteiger partial charge < -0.3 is 10.6 Å². The number of thiazole rings is 1. The number of nitrogens with one attached hydrogen (secondary N) is 2. The van der Waals surface area contributed by atoms with Crippen molar-refractivity contribution in [1.29, 1.82) is 0 Å². The Morgan fingerprint density at radius 2 is 1.84 bits per heavy atom. The van der Waals surface area contributed by atoms with E-state index in [1.807, 2.05) is 0 Å². The normalized spacial score (nSPS) is 14.9. The highest BCUT2D eigenvalue weighted by Gasteiger charge is 2.36. The molecule has 2 N–H and O–H groups in total. The Labute approximate surface area is 214 Å². The van der Waals surface area contributed by atoms with E-state index in [1.54, 1.807) is 5.38 Å². The minimum absolute atomic E-state index is 0.0363. The van der Waals surface area contributed by atoms with Crippen LogP contribution in [0.15, 0.2) is 60.1 Å². The number of carbonyl (C=O) groups is 2. The lowest BCUT2D eigenvalue weighted by atomic mass is 9.94. The first kappa shape index (κ1) is 24.8. The number of rotatable bonds is 4. The summed E-state index contributed by atoms with van der Waals surface area (Å²) in [5, 5.41) is 7.54. The van der Waals surface area contributed by atoms with Crippen LogP contribution in [-0.2, 0) is 6.18 Å². The lowest BCUT2D eigenvalue weighted by Crippen LogP contribution is -2.21. The van der Waals surface area contributed by atoms with E-state index in [9.17, 15) is 31.5 Å². The number of hydrogen-bond acceptors (Lipinski definition) is 4. The number of carbonyl (C=O) groups excluding carboxylic acids is 2. The van der Waals surface area contributed by atoms with E-state index in [4.69, 9.17) is 11.6 Å². The van der Waals surface area contributed by atoms with Crippen LogP contribution in [0.5, 0.6) is 0 Å². The molecule has 0 bridgehead atoms. The van der Waals surface area contributed by atoms with Crippen LogP contribution in [0.2, 0.25) is 5.02 Å². The quantitative estimate of drug-likeness (QED) is 0.274. The van der Waals surface area contributed by atoms with E-state index in [1.165, 1.54) is 35.7 Å². The summed E-state index contributed by atoms with van der Waals surface area (Å²) in [6, 6.07) is 7.09. The number of halogens is 6. The van der Waals surface area contributed by atoms with Crippen LogP contribution in [0.4, 0.5) is 27.6 Å². The van der Waals surface area contributed by atoms with Gasteiger partial charge >= 0.3 is 6.18 Å². The summed E-state index contributed by atoms with van der Waals surface area (Å²) >= 11 is 7.53. The fraction of sp³-hybridized carbons (Fsp3) is 0.0800. The molecule has 2 heterocycles. The Morgan fingerprint density at radius 1 is 1.05 bits per heavy atom. The summed E-state index contributed by atoms with van der Waals surface area (Å²) in [7, 11) is 0. The van der Waals surface area contributed by atoms with E-state index in [0.717, 1.165) is 12.1 Å². The molecule has 2 amide bonds. The van der Waals surface area contributed by atoms with Crippen LogP contribution in [0, 0.1) is 11.6 Å². The monoisotopic (exact) mass is 549 g/mol. The smallest absolute Gasteiger partial charge is 0.341 e. The molecular formula is C25H13ClF5N3O2S. The third-order valence-corrected chi connectivity index (χ3v) is 6.84. The molecule has 0 saturated carbocycles. The summed E-state index contributed by atoms with van der Waals surface area (Å²) in [4.78, 5) is 30.2. The first-order chi connectivity index (χ1) is 17.5. The Morgan fingerprint density at radius 3 is 2.54 bits per heavy atom. The SMILES string of the molecule is O=C(Nc1cc(-c2nccs2)cc2c1C(c1cc(F)ccc1Cl)NC2=O)c1cc(F)cc(C(F)(F)F)c1. The molecule has 1 unspecified atom stereocenters. The Hall–Kier alpha value is -3.83. The molecule has 0 aliphatic carbocycles. The van der Waals surface area contributed by atoms with Crippen LogP contribution in [0.3, 0.4) is 0 Å². The summed E-state index contributed by atoms with van der Waals surface area (Å²) in [6.45, 7) is 0. The highest BCUT2D eigenvalue weighted by Crippen LogP contribution is 2.42. The average molecular weight is 550 g/mol. The predicted octanol–water partition coefficient (Wildman–Crippen LogP) is 6.85. The number of anilines is 1. The van der Waals surface area contributed by atoms with E-state index in [2.05, 4.69) is 15.6 Å². The zero-order valence-electron chi connectivity index (χ0n) is 18.3. The van der Waals surface area contributed by atoms with Crippen LogP contribution in [-0.4, -0.2) is 16.8 Å². The maximum absolute atomic E-state index is 14.1. The van der Waals surface area contributed by atoms with Gasteiger partial charge in [0.05, 0.1) is 11.6 Å². The van der Waals surface area contributed by atoms with Crippen molar-refractivity contribution in [3.05, 3.63) is 105 Å². The topological polar surface area (TPSA) is 71.1 Å². The Kier molecular flexibility index (Phi) is 6.20. The first-order valence-corrected chi connectivity index (χ1v) is 11.8. The fourth-order valence-electron chi connectivity index (χ4n) is 4.07. The molecule has 5 nitrogen and oxygen atoms in total. The van der Waals surface area contributed by atoms with Gasteiger partial charge in [-0.05, 0) is 48.5 Å². The molecule has 0 fully saturated rings. The molecule has 5 rings (SSSR count). The van der Waals surface area contributed by atoms with Crippen molar-refractivity contribution < 1.29 is 31.5 Å². The van der Waals surface area contributed by atoms with E-state index in [0.29, 0.717) is 22.7 Å². The van der Waals surface area contributed by atoms with Gasteiger partial charge in [-0.15, -0.1) is 11.3 Å². The summed E-state index contributed by atoms with van der Waals surface area (Å²) in [5.41, 5.74) is -0.882. The molecule has 1 atom stereocenters. The molecule has 0 saturated heterocycles. The molecule has 4 aromatic rings. The largest absolute Gasteiger partial charge is 0.416 e. The van der Waals surface area contributed by atoms with Crippen molar-refractivity contribution in [2.45, 2.75) is 12.2 Å². The standard InChI is InChI=1S/C25H13ClF5N3O2S/c26-18-2-1-14(27)10-16(18)21-20-17(23(36)34-21)7-12(24-32-3-4-37-24)8-19(20)33-22(35)11-5-13(25(29,30)31)9-15(28)6-11/h1-10,21H,(H,33,35)(H,34,36). The molecule has 1 aromatic heterocycles. The minimum Gasteiger partial charge on any atom is -0.341 e. The summed E-state index contributed by atoms with van der Waals surface area (Å²) in [6.07, 6.45) is -3.34. The van der Waals surface area contributed by atoms with Crippen molar-refractivity contribution >= 4 is 40.4 Å². The average Bonchev–Trinajstić information content (AvgIpc) is 3.48. The number of benzene rings is 3.